The fraction of sp³-hybridized carbons (Fsp3) is 0.417. The molecule has 11 nitrogen and oxygen atoms in total. The lowest BCUT2D eigenvalue weighted by molar-refractivity contribution is 0.207. The molecule has 3 aromatic rings. The Morgan fingerprint density at radius 2 is 1.91 bits per heavy atom. The lowest BCUT2D eigenvalue weighted by Gasteiger charge is -2.35. The highest BCUT2D eigenvalue weighted by molar-refractivity contribution is 5.88. The zero-order valence-corrected chi connectivity index (χ0v) is 20.3. The first-order chi connectivity index (χ1) is 16.9. The molecule has 0 atom stereocenters. The summed E-state index contributed by atoms with van der Waals surface area (Å²) in [6.07, 6.45) is 4.04. The zero-order chi connectivity index (χ0) is 24.8. The van der Waals surface area contributed by atoms with Crippen LogP contribution >= 0.6 is 0 Å². The summed E-state index contributed by atoms with van der Waals surface area (Å²) in [7, 11) is 0. The molecule has 0 aromatic carbocycles. The van der Waals surface area contributed by atoms with Gasteiger partial charge in [0.1, 0.15) is 18.2 Å². The SMILES string of the molecule is CCc1nc(NC(=O)N2CCN(c3ncccc3OCc3ccnc(N)n3)CC2)cc(C(C)C)n1. The topological polar surface area (TPSA) is 135 Å². The Morgan fingerprint density at radius 1 is 1.11 bits per heavy atom. The van der Waals surface area contributed by atoms with E-state index in [2.05, 4.69) is 49.0 Å². The number of rotatable bonds is 7. The van der Waals surface area contributed by atoms with Crippen LogP contribution in [0.25, 0.3) is 0 Å². The minimum atomic E-state index is -0.168. The van der Waals surface area contributed by atoms with Crippen LogP contribution in [0.1, 0.15) is 43.9 Å². The Hall–Kier alpha value is -4.02. The number of nitrogens with zero attached hydrogens (tertiary/aromatic N) is 7. The molecule has 0 bridgehead atoms. The summed E-state index contributed by atoms with van der Waals surface area (Å²) in [6, 6.07) is 7.14. The van der Waals surface area contributed by atoms with Crippen LogP contribution in [0.15, 0.2) is 36.7 Å². The van der Waals surface area contributed by atoms with E-state index < -0.39 is 0 Å². The van der Waals surface area contributed by atoms with Gasteiger partial charge in [0, 0.05) is 56.8 Å². The molecule has 1 aliphatic rings. The van der Waals surface area contributed by atoms with Crippen molar-refractivity contribution in [3.05, 3.63) is 53.9 Å². The Labute approximate surface area is 204 Å². The van der Waals surface area contributed by atoms with Crippen LogP contribution in [0.3, 0.4) is 0 Å². The van der Waals surface area contributed by atoms with Crippen LogP contribution in [0.5, 0.6) is 5.75 Å². The van der Waals surface area contributed by atoms with Gasteiger partial charge in [0.2, 0.25) is 5.95 Å². The van der Waals surface area contributed by atoms with Crippen molar-refractivity contribution in [2.24, 2.45) is 0 Å². The van der Waals surface area contributed by atoms with Gasteiger partial charge in [-0.05, 0) is 24.1 Å². The van der Waals surface area contributed by atoms with Crippen LogP contribution < -0.4 is 20.7 Å². The molecule has 184 valence electrons. The average Bonchev–Trinajstić information content (AvgIpc) is 2.87. The first-order valence-electron chi connectivity index (χ1n) is 11.8. The molecule has 35 heavy (non-hydrogen) atoms. The molecule has 0 unspecified atom stereocenters. The third-order valence-corrected chi connectivity index (χ3v) is 5.66. The van der Waals surface area contributed by atoms with Crippen LogP contribution in [0, 0.1) is 0 Å². The van der Waals surface area contributed by atoms with Gasteiger partial charge in [-0.15, -0.1) is 0 Å². The van der Waals surface area contributed by atoms with Crippen molar-refractivity contribution in [2.75, 3.05) is 42.1 Å². The number of nitrogen functional groups attached to an aromatic ring is 1. The normalized spacial score (nSPS) is 13.7. The number of carbonyl (C=O) groups is 1. The highest BCUT2D eigenvalue weighted by Crippen LogP contribution is 2.27. The molecular weight excluding hydrogens is 446 g/mol. The molecule has 0 saturated carbocycles. The predicted molar refractivity (Wildman–Crippen MR) is 133 cm³/mol. The van der Waals surface area contributed by atoms with Gasteiger partial charge in [0.15, 0.2) is 11.6 Å². The number of aryl methyl sites for hydroxylation is 1. The molecule has 0 aliphatic carbocycles. The number of nitrogens with one attached hydrogen (secondary N) is 1. The van der Waals surface area contributed by atoms with Gasteiger partial charge in [-0.25, -0.2) is 29.7 Å². The van der Waals surface area contributed by atoms with Gasteiger partial charge in [-0.3, -0.25) is 5.32 Å². The molecule has 4 rings (SSSR count). The van der Waals surface area contributed by atoms with E-state index in [0.29, 0.717) is 49.9 Å². The van der Waals surface area contributed by atoms with Crippen molar-refractivity contribution in [3.63, 3.8) is 0 Å². The Balaban J connectivity index is 1.37. The average molecular weight is 478 g/mol. The van der Waals surface area contributed by atoms with Crippen molar-refractivity contribution in [2.45, 2.75) is 39.7 Å². The predicted octanol–water partition coefficient (Wildman–Crippen LogP) is 2.86. The summed E-state index contributed by atoms with van der Waals surface area (Å²) < 4.78 is 5.98. The maximum atomic E-state index is 12.9. The number of hydrogen-bond acceptors (Lipinski definition) is 9. The van der Waals surface area contributed by atoms with Gasteiger partial charge < -0.3 is 20.3 Å². The summed E-state index contributed by atoms with van der Waals surface area (Å²) in [5.41, 5.74) is 7.26. The van der Waals surface area contributed by atoms with Gasteiger partial charge in [0.05, 0.1) is 5.69 Å². The quantitative estimate of drug-likeness (QED) is 0.526. The summed E-state index contributed by atoms with van der Waals surface area (Å²) in [5, 5.41) is 2.95. The summed E-state index contributed by atoms with van der Waals surface area (Å²) in [4.78, 5) is 38.4. The second-order valence-corrected chi connectivity index (χ2v) is 8.53. The summed E-state index contributed by atoms with van der Waals surface area (Å²) >= 11 is 0. The van der Waals surface area contributed by atoms with Crippen LogP contribution in [-0.2, 0) is 13.0 Å². The van der Waals surface area contributed by atoms with E-state index in [-0.39, 0.29) is 24.5 Å². The van der Waals surface area contributed by atoms with Gasteiger partial charge in [0.25, 0.3) is 0 Å². The lowest BCUT2D eigenvalue weighted by atomic mass is 10.1. The van der Waals surface area contributed by atoms with Gasteiger partial charge in [-0.2, -0.15) is 0 Å². The second-order valence-electron chi connectivity index (χ2n) is 8.53. The standard InChI is InChI=1S/C24H31N9O2/c1-4-20-29-18(16(2)3)14-21(30-20)31-24(34)33-12-10-32(11-13-33)22-19(6-5-8-26-22)35-15-17-7-9-27-23(25)28-17/h5-9,14,16H,4,10-13,15H2,1-3H3,(H2,25,27,28)(H,29,30,31,34). The maximum absolute atomic E-state index is 12.9. The number of carbonyl (C=O) groups excluding carboxylic acids is 1. The third-order valence-electron chi connectivity index (χ3n) is 5.66. The molecule has 3 aromatic heterocycles. The van der Waals surface area contributed by atoms with Crippen molar-refractivity contribution >= 4 is 23.6 Å². The molecule has 4 heterocycles. The van der Waals surface area contributed by atoms with E-state index in [1.807, 2.05) is 25.1 Å². The number of nitrogens with two attached hydrogens (primary N) is 1. The fourth-order valence-electron chi connectivity index (χ4n) is 3.72. The van der Waals surface area contributed by atoms with Gasteiger partial charge in [-0.1, -0.05) is 20.8 Å². The van der Waals surface area contributed by atoms with E-state index in [4.69, 9.17) is 10.5 Å². The summed E-state index contributed by atoms with van der Waals surface area (Å²) in [5.74, 6) is 3.11. The molecule has 0 radical (unpaired) electrons. The largest absolute Gasteiger partial charge is 0.483 e. The highest BCUT2D eigenvalue weighted by atomic mass is 16.5. The van der Waals surface area contributed by atoms with Crippen molar-refractivity contribution in [3.8, 4) is 5.75 Å². The molecule has 11 heteroatoms. The maximum Gasteiger partial charge on any atom is 0.323 e. The molecule has 3 N–H and O–H groups in total. The molecule has 2 amide bonds. The summed E-state index contributed by atoms with van der Waals surface area (Å²) in [6.45, 7) is 8.76. The van der Waals surface area contributed by atoms with E-state index in [1.54, 1.807) is 23.4 Å². The van der Waals surface area contributed by atoms with Crippen molar-refractivity contribution < 1.29 is 9.53 Å². The fourth-order valence-corrected chi connectivity index (χ4v) is 3.72. The lowest BCUT2D eigenvalue weighted by Crippen LogP contribution is -2.50. The number of hydrogen-bond donors (Lipinski definition) is 2. The third kappa shape index (κ3) is 6.11. The van der Waals surface area contributed by atoms with Crippen molar-refractivity contribution in [1.29, 1.82) is 0 Å². The number of amides is 2. The number of urea groups is 1. The number of ether oxygens (including phenoxy) is 1. The second kappa shape index (κ2) is 10.9. The van der Waals surface area contributed by atoms with E-state index >= 15 is 0 Å². The van der Waals surface area contributed by atoms with Crippen molar-refractivity contribution in [1.82, 2.24) is 29.8 Å². The first-order valence-corrected chi connectivity index (χ1v) is 11.8. The van der Waals surface area contributed by atoms with Crippen LogP contribution in [0.2, 0.25) is 0 Å². The highest BCUT2D eigenvalue weighted by Gasteiger charge is 2.24. The van der Waals surface area contributed by atoms with E-state index in [9.17, 15) is 4.79 Å². The molecular formula is C24H31N9O2. The van der Waals surface area contributed by atoms with Crippen LogP contribution in [0.4, 0.5) is 22.4 Å². The number of pyridine rings is 1. The number of aromatic nitrogens is 5. The zero-order valence-electron chi connectivity index (χ0n) is 20.3. The molecule has 1 fully saturated rings. The van der Waals surface area contributed by atoms with Gasteiger partial charge >= 0.3 is 6.03 Å². The minimum absolute atomic E-state index is 0.168. The monoisotopic (exact) mass is 477 g/mol. The first kappa shape index (κ1) is 24.1. The minimum Gasteiger partial charge on any atom is -0.483 e. The molecule has 1 saturated heterocycles. The van der Waals surface area contributed by atoms with E-state index in [0.717, 1.165) is 17.3 Å². The number of anilines is 3. The smallest absolute Gasteiger partial charge is 0.323 e. The Morgan fingerprint density at radius 3 is 2.63 bits per heavy atom. The number of piperazine rings is 1. The van der Waals surface area contributed by atoms with E-state index in [1.165, 1.54) is 0 Å². The molecule has 0 spiro atoms. The Kier molecular flexibility index (Phi) is 7.54. The molecule has 1 aliphatic heterocycles. The Bertz CT molecular complexity index is 1160. The van der Waals surface area contributed by atoms with Crippen LogP contribution in [-0.4, -0.2) is 62.0 Å².